The first kappa shape index (κ1) is 14.5. The number of likely N-dealkylation sites (tertiary alicyclic amines) is 1. The summed E-state index contributed by atoms with van der Waals surface area (Å²) in [5.41, 5.74) is 2.98. The lowest BCUT2D eigenvalue weighted by molar-refractivity contribution is 0.138. The van der Waals surface area contributed by atoms with E-state index in [9.17, 15) is 0 Å². The van der Waals surface area contributed by atoms with E-state index in [1.54, 1.807) is 7.11 Å². The third-order valence-electron chi connectivity index (χ3n) is 3.59. The maximum absolute atomic E-state index is 5.06. The van der Waals surface area contributed by atoms with Gasteiger partial charge in [0.15, 0.2) is 0 Å². The van der Waals surface area contributed by atoms with Crippen LogP contribution in [0.4, 0.5) is 0 Å². The number of amidine groups is 1. The Kier molecular flexibility index (Phi) is 6.52. The molecule has 1 fully saturated rings. The Labute approximate surface area is 105 Å². The van der Waals surface area contributed by atoms with Crippen molar-refractivity contribution in [3.05, 3.63) is 0 Å². The molecule has 100 valence electrons. The van der Waals surface area contributed by atoms with Gasteiger partial charge in [-0.1, -0.05) is 13.8 Å². The van der Waals surface area contributed by atoms with Gasteiger partial charge in [0.25, 0.3) is 0 Å². The molecule has 1 rings (SSSR count). The van der Waals surface area contributed by atoms with Crippen molar-refractivity contribution in [1.82, 2.24) is 10.4 Å². The van der Waals surface area contributed by atoms with E-state index in [1.807, 2.05) is 0 Å². The summed E-state index contributed by atoms with van der Waals surface area (Å²) in [7, 11) is 3.84. The van der Waals surface area contributed by atoms with Crippen LogP contribution in [0, 0.1) is 5.92 Å². The van der Waals surface area contributed by atoms with Crippen LogP contribution >= 0.6 is 0 Å². The number of hydrogen-bond acceptors (Lipinski definition) is 3. The van der Waals surface area contributed by atoms with Gasteiger partial charge in [0.05, 0.1) is 13.2 Å². The lowest BCUT2D eigenvalue weighted by atomic mass is 10.0. The van der Waals surface area contributed by atoms with E-state index < -0.39 is 0 Å². The summed E-state index contributed by atoms with van der Waals surface area (Å²) in [5, 5.41) is 0. The smallest absolute Gasteiger partial charge is 0.124 e. The summed E-state index contributed by atoms with van der Waals surface area (Å²) >= 11 is 0. The summed E-state index contributed by atoms with van der Waals surface area (Å²) in [5.74, 6) is 1.53. The monoisotopic (exact) mass is 241 g/mol. The van der Waals surface area contributed by atoms with Gasteiger partial charge in [-0.15, -0.1) is 0 Å². The SMILES string of the molecule is CCC(CC)C(=NC1CCN(C)CC1)NOC. The number of hydroxylamine groups is 1. The van der Waals surface area contributed by atoms with Gasteiger partial charge in [0.2, 0.25) is 0 Å². The maximum Gasteiger partial charge on any atom is 0.124 e. The van der Waals surface area contributed by atoms with Gasteiger partial charge in [-0.2, -0.15) is 0 Å². The lowest BCUT2D eigenvalue weighted by Gasteiger charge is -2.28. The fourth-order valence-electron chi connectivity index (χ4n) is 2.32. The van der Waals surface area contributed by atoms with Gasteiger partial charge in [-0.25, -0.2) is 0 Å². The second kappa shape index (κ2) is 7.67. The minimum Gasteiger partial charge on any atom is -0.306 e. The molecule has 1 aliphatic heterocycles. The molecule has 17 heavy (non-hydrogen) atoms. The Balaban J connectivity index is 2.61. The number of piperidine rings is 1. The van der Waals surface area contributed by atoms with Crippen molar-refractivity contribution in [2.75, 3.05) is 27.2 Å². The van der Waals surface area contributed by atoms with Crippen LogP contribution in [0.15, 0.2) is 4.99 Å². The molecule has 0 atom stereocenters. The molecule has 0 bridgehead atoms. The summed E-state index contributed by atoms with van der Waals surface area (Å²) in [4.78, 5) is 12.3. The minimum atomic E-state index is 0.462. The van der Waals surface area contributed by atoms with Crippen LogP contribution in [-0.4, -0.2) is 44.0 Å². The van der Waals surface area contributed by atoms with Gasteiger partial charge >= 0.3 is 0 Å². The predicted octanol–water partition coefficient (Wildman–Crippen LogP) is 2.07. The maximum atomic E-state index is 5.06. The highest BCUT2D eigenvalue weighted by molar-refractivity contribution is 5.83. The average molecular weight is 241 g/mol. The van der Waals surface area contributed by atoms with Crippen molar-refractivity contribution >= 4 is 5.84 Å². The molecule has 0 saturated carbocycles. The molecule has 1 N–H and O–H groups in total. The van der Waals surface area contributed by atoms with Crippen molar-refractivity contribution in [3.63, 3.8) is 0 Å². The number of nitrogens with zero attached hydrogens (tertiary/aromatic N) is 2. The van der Waals surface area contributed by atoms with E-state index in [0.29, 0.717) is 12.0 Å². The standard InChI is InChI=1S/C13H27N3O/c1-5-11(6-2)13(15-17-4)14-12-7-9-16(3)10-8-12/h11-12H,5-10H2,1-4H3,(H,14,15). The normalized spacial score (nSPS) is 19.9. The van der Waals surface area contributed by atoms with E-state index in [2.05, 4.69) is 31.3 Å². The zero-order valence-corrected chi connectivity index (χ0v) is 11.7. The first-order valence-corrected chi connectivity index (χ1v) is 6.76. The molecule has 0 radical (unpaired) electrons. The van der Waals surface area contributed by atoms with E-state index in [-0.39, 0.29) is 0 Å². The summed E-state index contributed by atoms with van der Waals surface area (Å²) in [6.07, 6.45) is 4.54. The second-order valence-electron chi connectivity index (χ2n) is 4.87. The zero-order valence-electron chi connectivity index (χ0n) is 11.7. The Morgan fingerprint density at radius 1 is 1.35 bits per heavy atom. The van der Waals surface area contributed by atoms with Crippen LogP contribution in [0.1, 0.15) is 39.5 Å². The molecule has 0 aliphatic carbocycles. The zero-order chi connectivity index (χ0) is 12.7. The molecule has 4 heteroatoms. The highest BCUT2D eigenvalue weighted by atomic mass is 16.6. The van der Waals surface area contributed by atoms with Gasteiger partial charge in [-0.3, -0.25) is 15.3 Å². The molecule has 1 aliphatic rings. The largest absolute Gasteiger partial charge is 0.306 e. The summed E-state index contributed by atoms with van der Waals surface area (Å²) < 4.78 is 0. The molecule has 0 aromatic rings. The van der Waals surface area contributed by atoms with Crippen LogP contribution in [0.5, 0.6) is 0 Å². The first-order chi connectivity index (χ1) is 8.21. The fourth-order valence-corrected chi connectivity index (χ4v) is 2.32. The quantitative estimate of drug-likeness (QED) is 0.455. The van der Waals surface area contributed by atoms with E-state index in [4.69, 9.17) is 9.83 Å². The number of rotatable bonds is 5. The van der Waals surface area contributed by atoms with Crippen molar-refractivity contribution in [2.24, 2.45) is 10.9 Å². The lowest BCUT2D eigenvalue weighted by Crippen LogP contribution is -2.36. The van der Waals surface area contributed by atoms with E-state index >= 15 is 0 Å². The molecule has 0 spiro atoms. The number of aliphatic imine (C=N–C) groups is 1. The van der Waals surface area contributed by atoms with Gasteiger partial charge in [-0.05, 0) is 45.8 Å². The number of nitrogens with one attached hydrogen (secondary N) is 1. The fraction of sp³-hybridized carbons (Fsp3) is 0.923. The van der Waals surface area contributed by atoms with Crippen molar-refractivity contribution in [3.8, 4) is 0 Å². The molecule has 0 unspecified atom stereocenters. The van der Waals surface area contributed by atoms with E-state index in [1.165, 1.54) is 0 Å². The number of hydrogen-bond donors (Lipinski definition) is 1. The second-order valence-corrected chi connectivity index (χ2v) is 4.87. The molecule has 0 aromatic heterocycles. The molecule has 0 amide bonds. The van der Waals surface area contributed by atoms with Crippen molar-refractivity contribution in [1.29, 1.82) is 0 Å². The van der Waals surface area contributed by atoms with Crippen LogP contribution < -0.4 is 5.48 Å². The highest BCUT2D eigenvalue weighted by Crippen LogP contribution is 2.15. The third-order valence-corrected chi connectivity index (χ3v) is 3.59. The van der Waals surface area contributed by atoms with Crippen molar-refractivity contribution in [2.45, 2.75) is 45.6 Å². The molecule has 1 heterocycles. The topological polar surface area (TPSA) is 36.9 Å². The summed E-state index contributed by atoms with van der Waals surface area (Å²) in [6, 6.07) is 0.462. The summed E-state index contributed by atoms with van der Waals surface area (Å²) in [6.45, 7) is 6.71. The Morgan fingerprint density at radius 3 is 2.41 bits per heavy atom. The van der Waals surface area contributed by atoms with E-state index in [0.717, 1.165) is 44.6 Å². The van der Waals surface area contributed by atoms with Gasteiger partial charge in [0.1, 0.15) is 5.84 Å². The first-order valence-electron chi connectivity index (χ1n) is 6.76. The molecule has 4 nitrogen and oxygen atoms in total. The van der Waals surface area contributed by atoms with Crippen molar-refractivity contribution < 1.29 is 4.84 Å². The molecule has 0 aromatic carbocycles. The molecular formula is C13H27N3O. The Morgan fingerprint density at radius 2 is 1.94 bits per heavy atom. The van der Waals surface area contributed by atoms with Crippen LogP contribution in [0.2, 0.25) is 0 Å². The minimum absolute atomic E-state index is 0.462. The third kappa shape index (κ3) is 4.64. The predicted molar refractivity (Wildman–Crippen MR) is 72.2 cm³/mol. The Bertz CT molecular complexity index is 231. The average Bonchev–Trinajstić information content (AvgIpc) is 2.34. The van der Waals surface area contributed by atoms with Crippen LogP contribution in [0.3, 0.4) is 0 Å². The molecule has 1 saturated heterocycles. The van der Waals surface area contributed by atoms with Gasteiger partial charge in [0, 0.05) is 5.92 Å². The highest BCUT2D eigenvalue weighted by Gasteiger charge is 2.19. The van der Waals surface area contributed by atoms with Crippen LogP contribution in [0.25, 0.3) is 0 Å². The Hall–Kier alpha value is -0.610. The molecular weight excluding hydrogens is 214 g/mol. The van der Waals surface area contributed by atoms with Gasteiger partial charge < -0.3 is 4.90 Å². The van der Waals surface area contributed by atoms with Crippen LogP contribution in [-0.2, 0) is 4.84 Å².